The average Bonchev–Trinajstić information content (AvgIpc) is 3.28. The number of ether oxygens (including phenoxy) is 1. The number of hydrogen-bond donors (Lipinski definition) is 3. The van der Waals surface area contributed by atoms with Crippen molar-refractivity contribution < 1.29 is 23.9 Å². The minimum atomic E-state index is -0.831. The summed E-state index contributed by atoms with van der Waals surface area (Å²) in [6, 6.07) is -2.04. The van der Waals surface area contributed by atoms with Crippen LogP contribution < -0.4 is 16.4 Å². The van der Waals surface area contributed by atoms with Gasteiger partial charge in [-0.3, -0.25) is 19.2 Å². The predicted molar refractivity (Wildman–Crippen MR) is 116 cm³/mol. The minimum absolute atomic E-state index is 0.134. The average molecular weight is 439 g/mol. The molecule has 2 saturated heterocycles. The van der Waals surface area contributed by atoms with Gasteiger partial charge in [0.2, 0.25) is 17.7 Å². The quantitative estimate of drug-likeness (QED) is 0.380. The second kappa shape index (κ2) is 11.0. The Morgan fingerprint density at radius 2 is 1.87 bits per heavy atom. The van der Waals surface area contributed by atoms with Crippen molar-refractivity contribution in [2.75, 3.05) is 19.7 Å². The third kappa shape index (κ3) is 6.74. The topological polar surface area (TPSA) is 134 Å². The zero-order valence-electron chi connectivity index (χ0n) is 19.2. The van der Waals surface area contributed by atoms with Gasteiger partial charge in [0.15, 0.2) is 5.78 Å². The lowest BCUT2D eigenvalue weighted by atomic mass is 9.93. The normalized spacial score (nSPS) is 24.6. The van der Waals surface area contributed by atoms with Gasteiger partial charge in [-0.25, -0.2) is 0 Å². The van der Waals surface area contributed by atoms with E-state index >= 15 is 0 Å². The lowest BCUT2D eigenvalue weighted by Crippen LogP contribution is -2.56. The summed E-state index contributed by atoms with van der Waals surface area (Å²) in [7, 11) is 0. The Balaban J connectivity index is 2.08. The maximum atomic E-state index is 13.1. The lowest BCUT2D eigenvalue weighted by Gasteiger charge is -2.28. The SMILES string of the molecule is CCCCC(NC(=O)C1CCCN1C(=O)CN)C(=O)NC(CC(C)C)C(=O)C1(C)CO1. The molecule has 3 amide bonds. The summed E-state index contributed by atoms with van der Waals surface area (Å²) in [5.41, 5.74) is 4.63. The Morgan fingerprint density at radius 1 is 1.19 bits per heavy atom. The molecule has 4 atom stereocenters. The number of nitrogens with one attached hydrogen (secondary N) is 2. The highest BCUT2D eigenvalue weighted by atomic mass is 16.6. The van der Waals surface area contributed by atoms with Crippen molar-refractivity contribution >= 4 is 23.5 Å². The summed E-state index contributed by atoms with van der Waals surface area (Å²) in [6.45, 7) is 8.41. The number of nitrogens with two attached hydrogens (primary N) is 1. The standard InChI is InChI=1S/C22H38N4O5/c1-5-6-8-15(24-21(30)17-9-7-10-26(17)18(27)12-23)20(29)25-16(11-14(2)3)19(28)22(4)13-31-22/h14-17H,5-13,23H2,1-4H3,(H,24,30)(H,25,29). The van der Waals surface area contributed by atoms with Crippen molar-refractivity contribution in [1.29, 1.82) is 0 Å². The van der Waals surface area contributed by atoms with Gasteiger partial charge in [-0.1, -0.05) is 33.6 Å². The zero-order valence-corrected chi connectivity index (χ0v) is 19.2. The van der Waals surface area contributed by atoms with Crippen LogP contribution >= 0.6 is 0 Å². The van der Waals surface area contributed by atoms with E-state index in [-0.39, 0.29) is 36.0 Å². The van der Waals surface area contributed by atoms with Gasteiger partial charge in [0.05, 0.1) is 19.2 Å². The van der Waals surface area contributed by atoms with E-state index in [1.165, 1.54) is 4.90 Å². The molecular weight excluding hydrogens is 400 g/mol. The lowest BCUT2D eigenvalue weighted by molar-refractivity contribution is -0.139. The molecule has 31 heavy (non-hydrogen) atoms. The molecule has 4 unspecified atom stereocenters. The molecule has 0 saturated carbocycles. The molecule has 0 aromatic heterocycles. The number of nitrogens with zero attached hydrogens (tertiary/aromatic N) is 1. The molecule has 2 heterocycles. The van der Waals surface area contributed by atoms with Gasteiger partial charge in [0.25, 0.3) is 0 Å². The van der Waals surface area contributed by atoms with E-state index in [0.29, 0.717) is 32.4 Å². The number of ketones is 1. The highest BCUT2D eigenvalue weighted by Crippen LogP contribution is 2.29. The second-order valence-electron chi connectivity index (χ2n) is 9.23. The molecule has 0 radical (unpaired) electrons. The van der Waals surface area contributed by atoms with Gasteiger partial charge in [-0.05, 0) is 38.5 Å². The first-order valence-electron chi connectivity index (χ1n) is 11.4. The summed E-state index contributed by atoms with van der Waals surface area (Å²) < 4.78 is 5.29. The van der Waals surface area contributed by atoms with Gasteiger partial charge in [-0.2, -0.15) is 0 Å². The first-order valence-corrected chi connectivity index (χ1v) is 11.4. The first kappa shape index (κ1) is 25.3. The molecule has 9 heteroatoms. The van der Waals surface area contributed by atoms with Gasteiger partial charge in [-0.15, -0.1) is 0 Å². The Kier molecular flexibility index (Phi) is 9.00. The van der Waals surface area contributed by atoms with Crippen LogP contribution in [0.2, 0.25) is 0 Å². The van der Waals surface area contributed by atoms with Crippen molar-refractivity contribution in [2.24, 2.45) is 11.7 Å². The van der Waals surface area contributed by atoms with Crippen LogP contribution in [0.1, 0.15) is 66.2 Å². The number of Topliss-reactive ketones (excluding diaryl/α,β-unsaturated/α-hetero) is 1. The molecule has 0 aromatic rings. The third-order valence-electron chi connectivity index (χ3n) is 5.97. The summed E-state index contributed by atoms with van der Waals surface area (Å²) in [5.74, 6) is -0.924. The van der Waals surface area contributed by atoms with Crippen LogP contribution in [0.5, 0.6) is 0 Å². The summed E-state index contributed by atoms with van der Waals surface area (Å²) in [6.07, 6.45) is 3.84. The van der Waals surface area contributed by atoms with E-state index in [1.807, 2.05) is 20.8 Å². The smallest absolute Gasteiger partial charge is 0.243 e. The first-order chi connectivity index (χ1) is 14.6. The Labute approximate surface area is 184 Å². The number of hydrogen-bond acceptors (Lipinski definition) is 6. The van der Waals surface area contributed by atoms with Crippen LogP contribution in [-0.2, 0) is 23.9 Å². The number of likely N-dealkylation sites (tertiary alicyclic amines) is 1. The van der Waals surface area contributed by atoms with Gasteiger partial charge in [0.1, 0.15) is 17.7 Å². The van der Waals surface area contributed by atoms with Crippen molar-refractivity contribution in [2.45, 2.75) is 89.9 Å². The number of epoxide rings is 1. The third-order valence-corrected chi connectivity index (χ3v) is 5.97. The van der Waals surface area contributed by atoms with Crippen molar-refractivity contribution in [3.05, 3.63) is 0 Å². The number of unbranched alkanes of at least 4 members (excludes halogenated alkanes) is 1. The van der Waals surface area contributed by atoms with Gasteiger partial charge < -0.3 is 26.0 Å². The minimum Gasteiger partial charge on any atom is -0.361 e. The van der Waals surface area contributed by atoms with Crippen molar-refractivity contribution in [3.63, 3.8) is 0 Å². The number of carbonyl (C=O) groups is 4. The monoisotopic (exact) mass is 438 g/mol. The molecule has 2 fully saturated rings. The fraction of sp³-hybridized carbons (Fsp3) is 0.818. The molecule has 0 bridgehead atoms. The molecular formula is C22H38N4O5. The van der Waals surface area contributed by atoms with E-state index in [9.17, 15) is 19.2 Å². The molecule has 0 spiro atoms. The molecule has 2 rings (SSSR count). The van der Waals surface area contributed by atoms with Gasteiger partial charge in [0, 0.05) is 6.54 Å². The highest BCUT2D eigenvalue weighted by molar-refractivity contribution is 5.98. The van der Waals surface area contributed by atoms with Crippen LogP contribution in [0.4, 0.5) is 0 Å². The predicted octanol–water partition coefficient (Wildman–Crippen LogP) is 0.500. The largest absolute Gasteiger partial charge is 0.361 e. The van der Waals surface area contributed by atoms with Crippen LogP contribution in [0.15, 0.2) is 0 Å². The van der Waals surface area contributed by atoms with Crippen molar-refractivity contribution in [3.8, 4) is 0 Å². The highest BCUT2D eigenvalue weighted by Gasteiger charge is 2.50. The number of rotatable bonds is 12. The zero-order chi connectivity index (χ0) is 23.2. The molecule has 0 aromatic carbocycles. The summed E-state index contributed by atoms with van der Waals surface area (Å²) >= 11 is 0. The van der Waals surface area contributed by atoms with Gasteiger partial charge >= 0.3 is 0 Å². The Morgan fingerprint density at radius 3 is 2.42 bits per heavy atom. The maximum Gasteiger partial charge on any atom is 0.243 e. The molecule has 9 nitrogen and oxygen atoms in total. The molecule has 2 aliphatic rings. The van der Waals surface area contributed by atoms with E-state index < -0.39 is 23.7 Å². The van der Waals surface area contributed by atoms with Crippen LogP contribution in [0.25, 0.3) is 0 Å². The number of carbonyl (C=O) groups excluding carboxylic acids is 4. The van der Waals surface area contributed by atoms with E-state index in [4.69, 9.17) is 10.5 Å². The molecule has 0 aliphatic carbocycles. The molecule has 176 valence electrons. The van der Waals surface area contributed by atoms with Crippen molar-refractivity contribution in [1.82, 2.24) is 15.5 Å². The van der Waals surface area contributed by atoms with E-state index in [2.05, 4.69) is 10.6 Å². The number of amides is 3. The molecule has 2 aliphatic heterocycles. The van der Waals surface area contributed by atoms with Crippen LogP contribution in [0.3, 0.4) is 0 Å². The molecule has 4 N–H and O–H groups in total. The Bertz CT molecular complexity index is 677. The fourth-order valence-electron chi connectivity index (χ4n) is 3.99. The van der Waals surface area contributed by atoms with E-state index in [1.54, 1.807) is 6.92 Å². The summed E-state index contributed by atoms with van der Waals surface area (Å²) in [4.78, 5) is 52.4. The van der Waals surface area contributed by atoms with Crippen LogP contribution in [0, 0.1) is 5.92 Å². The van der Waals surface area contributed by atoms with E-state index in [0.717, 1.165) is 19.3 Å². The maximum absolute atomic E-state index is 13.1. The van der Waals surface area contributed by atoms with Crippen LogP contribution in [-0.4, -0.2) is 71.8 Å². The summed E-state index contributed by atoms with van der Waals surface area (Å²) in [5, 5.41) is 5.69. The Hall–Kier alpha value is -2.00. The fourth-order valence-corrected chi connectivity index (χ4v) is 3.99. The second-order valence-corrected chi connectivity index (χ2v) is 9.23.